The molecule has 0 atom stereocenters. The van der Waals surface area contributed by atoms with Gasteiger partial charge in [0.25, 0.3) is 0 Å². The normalized spacial score (nSPS) is 16.8. The molecule has 1 aromatic carbocycles. The number of ether oxygens (including phenoxy) is 1. The zero-order chi connectivity index (χ0) is 14.5. The highest BCUT2D eigenvalue weighted by Crippen LogP contribution is 2.20. The van der Waals surface area contributed by atoms with Gasteiger partial charge in [-0.05, 0) is 23.8 Å². The number of pyridine rings is 1. The van der Waals surface area contributed by atoms with Crippen molar-refractivity contribution < 1.29 is 9.94 Å². The molecule has 110 valence electrons. The summed E-state index contributed by atoms with van der Waals surface area (Å²) >= 11 is 0. The fourth-order valence-corrected chi connectivity index (χ4v) is 2.34. The van der Waals surface area contributed by atoms with Crippen LogP contribution in [-0.2, 0) is 6.54 Å². The molecule has 1 aliphatic rings. The third-order valence-corrected chi connectivity index (χ3v) is 3.54. The van der Waals surface area contributed by atoms with Gasteiger partial charge in [0, 0.05) is 45.0 Å². The summed E-state index contributed by atoms with van der Waals surface area (Å²) in [6.45, 7) is 4.10. The van der Waals surface area contributed by atoms with Crippen molar-refractivity contribution >= 4 is 0 Å². The average Bonchev–Trinajstić information content (AvgIpc) is 2.53. The van der Waals surface area contributed by atoms with E-state index in [1.54, 1.807) is 6.20 Å². The summed E-state index contributed by atoms with van der Waals surface area (Å²) in [5.74, 6) is 1.39. The topological polar surface area (TPSA) is 48.8 Å². The van der Waals surface area contributed by atoms with E-state index in [1.807, 2.05) is 30.3 Å². The molecule has 1 saturated heterocycles. The summed E-state index contributed by atoms with van der Waals surface area (Å²) in [5, 5.41) is 10.7. The first-order valence-electron chi connectivity index (χ1n) is 7.13. The molecular weight excluding hydrogens is 266 g/mol. The monoisotopic (exact) mass is 285 g/mol. The van der Waals surface area contributed by atoms with Crippen LogP contribution in [0.4, 0.5) is 0 Å². The Kier molecular flexibility index (Phi) is 4.45. The lowest BCUT2D eigenvalue weighted by Crippen LogP contribution is -2.44. The summed E-state index contributed by atoms with van der Waals surface area (Å²) in [5.41, 5.74) is 1.25. The molecule has 0 bridgehead atoms. The Hall–Kier alpha value is -1.95. The Morgan fingerprint density at radius 3 is 2.43 bits per heavy atom. The Balaban J connectivity index is 1.57. The number of hydroxylamine groups is 2. The number of nitrogens with zero attached hydrogens (tertiary/aromatic N) is 3. The maximum atomic E-state index is 9.35. The van der Waals surface area contributed by atoms with E-state index in [0.29, 0.717) is 19.0 Å². The molecule has 3 rings (SSSR count). The fourth-order valence-electron chi connectivity index (χ4n) is 2.34. The molecule has 1 fully saturated rings. The van der Waals surface area contributed by atoms with Crippen molar-refractivity contribution in [1.82, 2.24) is 14.9 Å². The maximum absolute atomic E-state index is 9.35. The van der Waals surface area contributed by atoms with Gasteiger partial charge < -0.3 is 9.94 Å². The zero-order valence-electron chi connectivity index (χ0n) is 11.9. The van der Waals surface area contributed by atoms with E-state index in [2.05, 4.69) is 22.0 Å². The molecule has 2 heterocycles. The minimum absolute atomic E-state index is 0.601. The first kappa shape index (κ1) is 14.0. The zero-order valence-corrected chi connectivity index (χ0v) is 11.9. The first-order chi connectivity index (χ1) is 10.3. The Bertz CT molecular complexity index is 551. The van der Waals surface area contributed by atoms with Crippen molar-refractivity contribution in [2.75, 3.05) is 26.2 Å². The second-order valence-corrected chi connectivity index (χ2v) is 5.14. The predicted molar refractivity (Wildman–Crippen MR) is 79.4 cm³/mol. The summed E-state index contributed by atoms with van der Waals surface area (Å²) < 4.78 is 5.67. The maximum Gasteiger partial charge on any atom is 0.219 e. The van der Waals surface area contributed by atoms with Crippen molar-refractivity contribution in [1.29, 1.82) is 0 Å². The van der Waals surface area contributed by atoms with Gasteiger partial charge in [-0.25, -0.2) is 4.98 Å². The van der Waals surface area contributed by atoms with E-state index in [-0.39, 0.29) is 0 Å². The molecule has 0 radical (unpaired) electrons. The quantitative estimate of drug-likeness (QED) is 0.934. The fraction of sp³-hybridized carbons (Fsp3) is 0.312. The molecule has 1 aromatic heterocycles. The van der Waals surface area contributed by atoms with Gasteiger partial charge in [0.15, 0.2) is 0 Å². The molecular formula is C16H19N3O2. The van der Waals surface area contributed by atoms with Crippen molar-refractivity contribution in [3.05, 3.63) is 54.2 Å². The summed E-state index contributed by atoms with van der Waals surface area (Å²) in [6, 6.07) is 13.7. The molecule has 0 saturated carbocycles. The molecule has 0 aliphatic carbocycles. The lowest BCUT2D eigenvalue weighted by atomic mass is 10.2. The minimum atomic E-state index is 0.601. The lowest BCUT2D eigenvalue weighted by molar-refractivity contribution is -0.118. The molecule has 0 amide bonds. The average molecular weight is 285 g/mol. The molecule has 0 spiro atoms. The van der Waals surface area contributed by atoms with Crippen molar-refractivity contribution in [3.8, 4) is 11.6 Å². The Morgan fingerprint density at radius 1 is 1.00 bits per heavy atom. The number of piperazine rings is 1. The second-order valence-electron chi connectivity index (χ2n) is 5.14. The molecule has 2 aromatic rings. The van der Waals surface area contributed by atoms with Gasteiger partial charge in [-0.2, -0.15) is 5.06 Å². The highest BCUT2D eigenvalue weighted by atomic mass is 16.5. The van der Waals surface area contributed by atoms with Crippen LogP contribution in [0.3, 0.4) is 0 Å². The molecule has 5 nitrogen and oxygen atoms in total. The van der Waals surface area contributed by atoms with Gasteiger partial charge in [-0.1, -0.05) is 18.2 Å². The smallest absolute Gasteiger partial charge is 0.219 e. The van der Waals surface area contributed by atoms with Gasteiger partial charge in [-0.3, -0.25) is 4.90 Å². The van der Waals surface area contributed by atoms with Crippen LogP contribution in [-0.4, -0.2) is 46.3 Å². The van der Waals surface area contributed by atoms with Crippen LogP contribution in [0.2, 0.25) is 0 Å². The van der Waals surface area contributed by atoms with E-state index in [1.165, 1.54) is 10.6 Å². The Labute approximate surface area is 124 Å². The minimum Gasteiger partial charge on any atom is -0.439 e. The largest absolute Gasteiger partial charge is 0.439 e. The van der Waals surface area contributed by atoms with Gasteiger partial charge in [0.1, 0.15) is 5.75 Å². The van der Waals surface area contributed by atoms with Crippen molar-refractivity contribution in [2.24, 2.45) is 0 Å². The highest BCUT2D eigenvalue weighted by molar-refractivity contribution is 5.30. The van der Waals surface area contributed by atoms with Crippen LogP contribution in [0, 0.1) is 0 Å². The molecule has 1 N–H and O–H groups in total. The van der Waals surface area contributed by atoms with Gasteiger partial charge >= 0.3 is 0 Å². The Morgan fingerprint density at radius 2 is 1.76 bits per heavy atom. The van der Waals surface area contributed by atoms with Crippen LogP contribution in [0.5, 0.6) is 11.6 Å². The standard InChI is InChI=1S/C16H19N3O2/c20-19-11-9-18(10-12-19)13-14-4-6-15(7-5-14)21-16-3-1-2-8-17-16/h1-8,20H,9-13H2. The van der Waals surface area contributed by atoms with Crippen LogP contribution >= 0.6 is 0 Å². The number of aromatic nitrogens is 1. The number of hydrogen-bond donors (Lipinski definition) is 1. The highest BCUT2D eigenvalue weighted by Gasteiger charge is 2.14. The van der Waals surface area contributed by atoms with Gasteiger partial charge in [-0.15, -0.1) is 0 Å². The van der Waals surface area contributed by atoms with Crippen LogP contribution in [0.1, 0.15) is 5.56 Å². The SMILES string of the molecule is ON1CCN(Cc2ccc(Oc3ccccn3)cc2)CC1. The molecule has 21 heavy (non-hydrogen) atoms. The molecule has 5 heteroatoms. The van der Waals surface area contributed by atoms with E-state index in [4.69, 9.17) is 4.74 Å². The van der Waals surface area contributed by atoms with E-state index in [0.717, 1.165) is 25.4 Å². The second kappa shape index (κ2) is 6.67. The predicted octanol–water partition coefficient (Wildman–Crippen LogP) is 2.38. The van der Waals surface area contributed by atoms with E-state index < -0.39 is 0 Å². The van der Waals surface area contributed by atoms with Crippen LogP contribution in [0.25, 0.3) is 0 Å². The van der Waals surface area contributed by atoms with Gasteiger partial charge in [0.2, 0.25) is 5.88 Å². The molecule has 0 unspecified atom stereocenters. The summed E-state index contributed by atoms with van der Waals surface area (Å²) in [6.07, 6.45) is 1.71. The third-order valence-electron chi connectivity index (χ3n) is 3.54. The van der Waals surface area contributed by atoms with E-state index >= 15 is 0 Å². The number of hydrogen-bond acceptors (Lipinski definition) is 5. The van der Waals surface area contributed by atoms with Gasteiger partial charge in [0.05, 0.1) is 0 Å². The first-order valence-corrected chi connectivity index (χ1v) is 7.13. The summed E-state index contributed by atoms with van der Waals surface area (Å²) in [7, 11) is 0. The van der Waals surface area contributed by atoms with Crippen molar-refractivity contribution in [3.63, 3.8) is 0 Å². The van der Waals surface area contributed by atoms with Crippen molar-refractivity contribution in [2.45, 2.75) is 6.54 Å². The van der Waals surface area contributed by atoms with Crippen LogP contribution < -0.4 is 4.74 Å². The lowest BCUT2D eigenvalue weighted by Gasteiger charge is -2.31. The molecule has 1 aliphatic heterocycles. The van der Waals surface area contributed by atoms with E-state index in [9.17, 15) is 5.21 Å². The number of rotatable bonds is 4. The number of benzene rings is 1. The third kappa shape index (κ3) is 4.01. The summed E-state index contributed by atoms with van der Waals surface area (Å²) in [4.78, 5) is 6.47. The van der Waals surface area contributed by atoms with Crippen LogP contribution in [0.15, 0.2) is 48.7 Å².